The summed E-state index contributed by atoms with van der Waals surface area (Å²) in [6, 6.07) is 13.9. The summed E-state index contributed by atoms with van der Waals surface area (Å²) in [7, 11) is 0. The molecule has 3 aromatic rings. The maximum atomic E-state index is 11.8. The number of rotatable bonds is 6. The molecule has 0 saturated carbocycles. The predicted molar refractivity (Wildman–Crippen MR) is 112 cm³/mol. The second kappa shape index (κ2) is 9.15. The molecule has 1 N–H and O–H groups in total. The molecule has 144 valence electrons. The fourth-order valence-electron chi connectivity index (χ4n) is 2.26. The Hall–Kier alpha value is -2.47. The number of ether oxygens (including phenoxy) is 1. The first-order chi connectivity index (χ1) is 13.4. The summed E-state index contributed by atoms with van der Waals surface area (Å²) in [5, 5.41) is 5.32. The first-order valence-electron chi connectivity index (χ1n) is 8.18. The van der Waals surface area contributed by atoms with Gasteiger partial charge in [0.25, 0.3) is 5.91 Å². The normalized spacial score (nSPS) is 11.0. The van der Waals surface area contributed by atoms with Crippen LogP contribution >= 0.6 is 34.8 Å². The average molecular weight is 438 g/mol. The van der Waals surface area contributed by atoms with E-state index in [4.69, 9.17) is 44.0 Å². The van der Waals surface area contributed by atoms with Crippen LogP contribution in [-0.2, 0) is 4.79 Å². The molecule has 1 heterocycles. The van der Waals surface area contributed by atoms with E-state index in [1.165, 1.54) is 12.3 Å². The first kappa shape index (κ1) is 20.3. The van der Waals surface area contributed by atoms with E-state index in [2.05, 4.69) is 10.5 Å². The van der Waals surface area contributed by atoms with Crippen LogP contribution in [0, 0.1) is 6.92 Å². The molecular weight excluding hydrogens is 423 g/mol. The van der Waals surface area contributed by atoms with Gasteiger partial charge in [0.1, 0.15) is 17.3 Å². The van der Waals surface area contributed by atoms with Crippen LogP contribution < -0.4 is 10.2 Å². The third kappa shape index (κ3) is 5.29. The fraction of sp³-hybridized carbons (Fsp3) is 0.100. The first-order valence-corrected chi connectivity index (χ1v) is 9.32. The zero-order valence-corrected chi connectivity index (χ0v) is 17.0. The van der Waals surface area contributed by atoms with Gasteiger partial charge in [0, 0.05) is 15.6 Å². The molecule has 0 aliphatic carbocycles. The Labute approximate surface area is 176 Å². The molecule has 0 aliphatic heterocycles. The minimum Gasteiger partial charge on any atom is -0.482 e. The van der Waals surface area contributed by atoms with Crippen molar-refractivity contribution in [2.24, 2.45) is 5.10 Å². The van der Waals surface area contributed by atoms with E-state index in [-0.39, 0.29) is 6.61 Å². The van der Waals surface area contributed by atoms with Crippen molar-refractivity contribution < 1.29 is 13.9 Å². The van der Waals surface area contributed by atoms with Crippen molar-refractivity contribution in [3.63, 3.8) is 0 Å². The third-order valence-electron chi connectivity index (χ3n) is 3.72. The molecule has 3 rings (SSSR count). The maximum Gasteiger partial charge on any atom is 0.277 e. The lowest BCUT2D eigenvalue weighted by molar-refractivity contribution is -0.123. The topological polar surface area (TPSA) is 63.8 Å². The lowest BCUT2D eigenvalue weighted by Gasteiger charge is -2.06. The van der Waals surface area contributed by atoms with Crippen LogP contribution in [-0.4, -0.2) is 18.7 Å². The number of benzene rings is 2. The van der Waals surface area contributed by atoms with Gasteiger partial charge in [0.2, 0.25) is 0 Å². The van der Waals surface area contributed by atoms with Crippen LogP contribution in [0.5, 0.6) is 5.75 Å². The van der Waals surface area contributed by atoms with Crippen LogP contribution in [0.2, 0.25) is 15.1 Å². The lowest BCUT2D eigenvalue weighted by atomic mass is 10.1. The molecule has 0 saturated heterocycles. The molecule has 8 heteroatoms. The Bertz CT molecular complexity index is 1030. The van der Waals surface area contributed by atoms with E-state index in [1.807, 2.05) is 25.1 Å². The number of amides is 1. The molecule has 1 amide bonds. The van der Waals surface area contributed by atoms with Gasteiger partial charge < -0.3 is 9.15 Å². The van der Waals surface area contributed by atoms with E-state index in [1.54, 1.807) is 24.3 Å². The molecule has 0 fully saturated rings. The van der Waals surface area contributed by atoms with Crippen molar-refractivity contribution in [3.8, 4) is 17.1 Å². The second-order valence-corrected chi connectivity index (χ2v) is 7.07. The van der Waals surface area contributed by atoms with E-state index in [0.29, 0.717) is 32.3 Å². The summed E-state index contributed by atoms with van der Waals surface area (Å²) in [4.78, 5) is 11.8. The van der Waals surface area contributed by atoms with Crippen molar-refractivity contribution in [2.75, 3.05) is 6.61 Å². The molecule has 0 atom stereocenters. The number of hydrogen-bond donors (Lipinski definition) is 1. The van der Waals surface area contributed by atoms with Gasteiger partial charge in [-0.15, -0.1) is 0 Å². The van der Waals surface area contributed by atoms with E-state index in [9.17, 15) is 4.79 Å². The van der Waals surface area contributed by atoms with Gasteiger partial charge in [-0.25, -0.2) is 5.43 Å². The SMILES string of the molecule is Cc1ccc(-c2ccc(/C=N/NC(=O)COc3ccc(Cl)cc3Cl)o2)cc1Cl. The average Bonchev–Trinajstić information content (AvgIpc) is 3.12. The van der Waals surface area contributed by atoms with Gasteiger partial charge >= 0.3 is 0 Å². The zero-order chi connectivity index (χ0) is 20.1. The highest BCUT2D eigenvalue weighted by Crippen LogP contribution is 2.28. The summed E-state index contributed by atoms with van der Waals surface area (Å²) in [5.41, 5.74) is 4.20. The summed E-state index contributed by atoms with van der Waals surface area (Å²) in [6.45, 7) is 1.68. The molecule has 5 nitrogen and oxygen atoms in total. The highest BCUT2D eigenvalue weighted by Gasteiger charge is 2.07. The number of hydrogen-bond acceptors (Lipinski definition) is 4. The van der Waals surface area contributed by atoms with Crippen molar-refractivity contribution in [2.45, 2.75) is 6.92 Å². The summed E-state index contributed by atoms with van der Waals surface area (Å²) < 4.78 is 11.0. The van der Waals surface area contributed by atoms with Crippen molar-refractivity contribution in [1.29, 1.82) is 0 Å². The van der Waals surface area contributed by atoms with E-state index in [0.717, 1.165) is 11.1 Å². The number of furan rings is 1. The number of carbonyl (C=O) groups excluding carboxylic acids is 1. The highest BCUT2D eigenvalue weighted by atomic mass is 35.5. The molecule has 0 unspecified atom stereocenters. The van der Waals surface area contributed by atoms with Gasteiger partial charge in [0.15, 0.2) is 6.61 Å². The molecule has 2 aromatic carbocycles. The lowest BCUT2D eigenvalue weighted by Crippen LogP contribution is -2.24. The van der Waals surface area contributed by atoms with Crippen LogP contribution in [0.15, 0.2) is 58.0 Å². The second-order valence-electron chi connectivity index (χ2n) is 5.82. The van der Waals surface area contributed by atoms with E-state index >= 15 is 0 Å². The molecule has 1 aromatic heterocycles. The molecule has 0 bridgehead atoms. The number of carbonyl (C=O) groups is 1. The van der Waals surface area contributed by atoms with Gasteiger partial charge in [0.05, 0.1) is 11.2 Å². The minimum atomic E-state index is -0.445. The summed E-state index contributed by atoms with van der Waals surface area (Å²) in [6.07, 6.45) is 1.40. The molecule has 28 heavy (non-hydrogen) atoms. The molecule has 0 spiro atoms. The van der Waals surface area contributed by atoms with Crippen LogP contribution in [0.25, 0.3) is 11.3 Å². The van der Waals surface area contributed by atoms with Crippen molar-refractivity contribution >= 4 is 46.9 Å². The number of halogens is 3. The smallest absolute Gasteiger partial charge is 0.277 e. The van der Waals surface area contributed by atoms with Crippen LogP contribution in [0.3, 0.4) is 0 Å². The molecule has 0 aliphatic rings. The van der Waals surface area contributed by atoms with Gasteiger partial charge in [-0.2, -0.15) is 5.10 Å². The monoisotopic (exact) mass is 436 g/mol. The van der Waals surface area contributed by atoms with Gasteiger partial charge in [-0.05, 0) is 48.9 Å². The quantitative estimate of drug-likeness (QED) is 0.395. The van der Waals surface area contributed by atoms with Crippen LogP contribution in [0.1, 0.15) is 11.3 Å². The number of hydrazone groups is 1. The van der Waals surface area contributed by atoms with Crippen molar-refractivity contribution in [1.82, 2.24) is 5.43 Å². The van der Waals surface area contributed by atoms with Gasteiger partial charge in [-0.3, -0.25) is 4.79 Å². The zero-order valence-electron chi connectivity index (χ0n) is 14.7. The summed E-state index contributed by atoms with van der Waals surface area (Å²) >= 11 is 17.9. The Kier molecular flexibility index (Phi) is 6.62. The predicted octanol–water partition coefficient (Wildman–Crippen LogP) is 5.74. The Morgan fingerprint density at radius 3 is 2.68 bits per heavy atom. The minimum absolute atomic E-state index is 0.246. The van der Waals surface area contributed by atoms with Crippen molar-refractivity contribution in [3.05, 3.63) is 74.9 Å². The number of nitrogens with one attached hydrogen (secondary N) is 1. The number of aryl methyl sites for hydroxylation is 1. The Balaban J connectivity index is 1.53. The fourth-order valence-corrected chi connectivity index (χ4v) is 2.90. The molecular formula is C20H15Cl3N2O3. The Morgan fingerprint density at radius 2 is 1.93 bits per heavy atom. The number of nitrogens with zero attached hydrogens (tertiary/aromatic N) is 1. The highest BCUT2D eigenvalue weighted by molar-refractivity contribution is 6.35. The summed E-state index contributed by atoms with van der Waals surface area (Å²) in [5.74, 6) is 1.04. The van der Waals surface area contributed by atoms with E-state index < -0.39 is 5.91 Å². The maximum absolute atomic E-state index is 11.8. The van der Waals surface area contributed by atoms with Crippen LogP contribution in [0.4, 0.5) is 0 Å². The molecule has 0 radical (unpaired) electrons. The largest absolute Gasteiger partial charge is 0.482 e. The Morgan fingerprint density at radius 1 is 1.11 bits per heavy atom. The third-order valence-corrected chi connectivity index (χ3v) is 4.65. The standard InChI is InChI=1S/C20H15Cl3N2O3/c1-12-2-3-13(8-16(12)22)18-7-5-15(28-18)10-24-25-20(26)11-27-19-6-4-14(21)9-17(19)23/h2-10H,11H2,1H3,(H,25,26)/b24-10+. The van der Waals surface area contributed by atoms with Gasteiger partial charge in [-0.1, -0.05) is 46.9 Å².